The van der Waals surface area contributed by atoms with Gasteiger partial charge < -0.3 is 10.1 Å². The molecule has 0 aliphatic carbocycles. The Morgan fingerprint density at radius 3 is 2.64 bits per heavy atom. The van der Waals surface area contributed by atoms with Crippen molar-refractivity contribution in [2.45, 2.75) is 19.4 Å². The van der Waals surface area contributed by atoms with Gasteiger partial charge >= 0.3 is 0 Å². The molecule has 0 spiro atoms. The number of aryl methyl sites for hydroxylation is 1. The Morgan fingerprint density at radius 2 is 2.07 bits per heavy atom. The van der Waals surface area contributed by atoms with Crippen LogP contribution in [0.3, 0.4) is 0 Å². The number of rotatable bonds is 6. The minimum absolute atomic E-state index is 0.766. The molecule has 1 heterocycles. The Balaban J connectivity index is 2.38. The van der Waals surface area contributed by atoms with Gasteiger partial charge in [-0.3, -0.25) is 0 Å². The van der Waals surface area contributed by atoms with E-state index < -0.39 is 0 Å². The molecule has 14 heavy (non-hydrogen) atoms. The summed E-state index contributed by atoms with van der Waals surface area (Å²) in [4.78, 5) is 8.52. The van der Waals surface area contributed by atoms with E-state index >= 15 is 0 Å². The Bertz CT molecular complexity index is 248. The fraction of sp³-hybridized carbons (Fsp3) is 0.600. The predicted octanol–water partition coefficient (Wildman–Crippen LogP) is 0.775. The second-order valence-electron chi connectivity index (χ2n) is 3.13. The third-order valence-corrected chi connectivity index (χ3v) is 1.89. The van der Waals surface area contributed by atoms with E-state index in [-0.39, 0.29) is 0 Å². The molecule has 0 amide bonds. The van der Waals surface area contributed by atoms with Gasteiger partial charge in [0.05, 0.1) is 0 Å². The maximum absolute atomic E-state index is 4.96. The van der Waals surface area contributed by atoms with E-state index in [0.29, 0.717) is 0 Å². The van der Waals surface area contributed by atoms with Crippen molar-refractivity contribution in [2.24, 2.45) is 0 Å². The second-order valence-corrected chi connectivity index (χ2v) is 3.13. The summed E-state index contributed by atoms with van der Waals surface area (Å²) < 4.78 is 4.96. The van der Waals surface area contributed by atoms with Crippen molar-refractivity contribution >= 4 is 0 Å². The van der Waals surface area contributed by atoms with Crippen LogP contribution in [0.1, 0.15) is 17.8 Å². The Labute approximate surface area is 84.7 Å². The molecule has 0 aliphatic rings. The van der Waals surface area contributed by atoms with Crippen LogP contribution in [-0.2, 0) is 17.7 Å². The van der Waals surface area contributed by atoms with E-state index in [9.17, 15) is 0 Å². The van der Waals surface area contributed by atoms with E-state index in [1.807, 2.05) is 19.4 Å². The number of nitrogens with one attached hydrogen (secondary N) is 1. The molecule has 0 saturated carbocycles. The summed E-state index contributed by atoms with van der Waals surface area (Å²) in [6.07, 6.45) is 5.59. The lowest BCUT2D eigenvalue weighted by Gasteiger charge is -2.01. The van der Waals surface area contributed by atoms with Crippen LogP contribution >= 0.6 is 0 Å². The SMILES string of the molecule is CNCc1cnc(CCCOC)nc1. The van der Waals surface area contributed by atoms with Gasteiger partial charge in [0.25, 0.3) is 0 Å². The molecular weight excluding hydrogens is 178 g/mol. The largest absolute Gasteiger partial charge is 0.385 e. The zero-order valence-corrected chi connectivity index (χ0v) is 8.79. The molecule has 1 N–H and O–H groups in total. The van der Waals surface area contributed by atoms with E-state index in [1.165, 1.54) is 0 Å². The van der Waals surface area contributed by atoms with Gasteiger partial charge in [-0.25, -0.2) is 9.97 Å². The molecule has 0 bridgehead atoms. The molecular formula is C10H17N3O. The summed E-state index contributed by atoms with van der Waals surface area (Å²) >= 11 is 0. The lowest BCUT2D eigenvalue weighted by molar-refractivity contribution is 0.194. The quantitative estimate of drug-likeness (QED) is 0.681. The third kappa shape index (κ3) is 3.81. The van der Waals surface area contributed by atoms with Gasteiger partial charge in [-0.1, -0.05) is 0 Å². The minimum atomic E-state index is 0.766. The first-order valence-electron chi connectivity index (χ1n) is 4.80. The standard InChI is InChI=1S/C10H17N3O/c1-11-6-9-7-12-10(13-8-9)4-3-5-14-2/h7-8,11H,3-6H2,1-2H3. The van der Waals surface area contributed by atoms with Gasteiger partial charge in [0.2, 0.25) is 0 Å². The summed E-state index contributed by atoms with van der Waals surface area (Å²) in [5.74, 6) is 0.891. The van der Waals surface area contributed by atoms with Gasteiger partial charge in [0.15, 0.2) is 0 Å². The molecule has 4 nitrogen and oxygen atoms in total. The van der Waals surface area contributed by atoms with Crippen molar-refractivity contribution in [3.05, 3.63) is 23.8 Å². The summed E-state index contributed by atoms with van der Waals surface area (Å²) in [5, 5.41) is 3.06. The zero-order valence-electron chi connectivity index (χ0n) is 8.79. The monoisotopic (exact) mass is 195 g/mol. The van der Waals surface area contributed by atoms with Crippen LogP contribution in [0.5, 0.6) is 0 Å². The van der Waals surface area contributed by atoms with Crippen molar-refractivity contribution in [3.8, 4) is 0 Å². The highest BCUT2D eigenvalue weighted by molar-refractivity contribution is 5.04. The Hall–Kier alpha value is -1.00. The number of hydrogen-bond acceptors (Lipinski definition) is 4. The molecule has 1 aromatic heterocycles. The fourth-order valence-electron chi connectivity index (χ4n) is 1.18. The van der Waals surface area contributed by atoms with Gasteiger partial charge in [0, 0.05) is 44.6 Å². The minimum Gasteiger partial charge on any atom is -0.385 e. The molecule has 78 valence electrons. The first-order valence-corrected chi connectivity index (χ1v) is 4.80. The highest BCUT2D eigenvalue weighted by atomic mass is 16.5. The summed E-state index contributed by atoms with van der Waals surface area (Å²) in [7, 11) is 3.61. The Kier molecular flexibility index (Phi) is 5.11. The van der Waals surface area contributed by atoms with Gasteiger partial charge in [-0.2, -0.15) is 0 Å². The van der Waals surface area contributed by atoms with Crippen molar-refractivity contribution in [2.75, 3.05) is 20.8 Å². The van der Waals surface area contributed by atoms with Crippen LogP contribution < -0.4 is 5.32 Å². The van der Waals surface area contributed by atoms with Crippen LogP contribution in [0.4, 0.5) is 0 Å². The average molecular weight is 195 g/mol. The molecule has 4 heteroatoms. The van der Waals surface area contributed by atoms with E-state index in [2.05, 4.69) is 15.3 Å². The van der Waals surface area contributed by atoms with E-state index in [4.69, 9.17) is 4.74 Å². The first-order chi connectivity index (χ1) is 6.86. The number of ether oxygens (including phenoxy) is 1. The van der Waals surface area contributed by atoms with Crippen LogP contribution in [0, 0.1) is 0 Å². The molecule has 0 radical (unpaired) electrons. The molecule has 0 atom stereocenters. The lowest BCUT2D eigenvalue weighted by atomic mass is 10.3. The number of nitrogens with zero attached hydrogens (tertiary/aromatic N) is 2. The number of aromatic nitrogens is 2. The normalized spacial score (nSPS) is 10.4. The molecule has 1 aromatic rings. The molecule has 0 saturated heterocycles. The van der Waals surface area contributed by atoms with Crippen molar-refractivity contribution in [3.63, 3.8) is 0 Å². The first kappa shape index (κ1) is 11.1. The highest BCUT2D eigenvalue weighted by Crippen LogP contribution is 1.98. The van der Waals surface area contributed by atoms with Crippen LogP contribution in [0.15, 0.2) is 12.4 Å². The molecule has 0 aliphatic heterocycles. The zero-order chi connectivity index (χ0) is 10.2. The van der Waals surface area contributed by atoms with Crippen LogP contribution in [0.2, 0.25) is 0 Å². The topological polar surface area (TPSA) is 47.0 Å². The van der Waals surface area contributed by atoms with Crippen molar-refractivity contribution in [1.29, 1.82) is 0 Å². The van der Waals surface area contributed by atoms with Gasteiger partial charge in [-0.15, -0.1) is 0 Å². The maximum atomic E-state index is 4.96. The maximum Gasteiger partial charge on any atom is 0.128 e. The van der Waals surface area contributed by atoms with E-state index in [0.717, 1.165) is 37.4 Å². The highest BCUT2D eigenvalue weighted by Gasteiger charge is 1.97. The molecule has 0 aromatic carbocycles. The lowest BCUT2D eigenvalue weighted by Crippen LogP contribution is -2.07. The molecule has 1 rings (SSSR count). The summed E-state index contributed by atoms with van der Waals surface area (Å²) in [6, 6.07) is 0. The summed E-state index contributed by atoms with van der Waals surface area (Å²) in [5.41, 5.74) is 1.11. The van der Waals surface area contributed by atoms with Crippen molar-refractivity contribution in [1.82, 2.24) is 15.3 Å². The molecule has 0 fully saturated rings. The number of methoxy groups -OCH3 is 1. The van der Waals surface area contributed by atoms with Crippen molar-refractivity contribution < 1.29 is 4.74 Å². The second kappa shape index (κ2) is 6.45. The number of hydrogen-bond donors (Lipinski definition) is 1. The summed E-state index contributed by atoms with van der Waals surface area (Å²) in [6.45, 7) is 1.58. The predicted molar refractivity (Wildman–Crippen MR) is 55.0 cm³/mol. The fourth-order valence-corrected chi connectivity index (χ4v) is 1.18. The third-order valence-electron chi connectivity index (χ3n) is 1.89. The van der Waals surface area contributed by atoms with E-state index in [1.54, 1.807) is 7.11 Å². The van der Waals surface area contributed by atoms with Crippen LogP contribution in [-0.4, -0.2) is 30.7 Å². The van der Waals surface area contributed by atoms with Crippen LogP contribution in [0.25, 0.3) is 0 Å². The Morgan fingerprint density at radius 1 is 1.36 bits per heavy atom. The van der Waals surface area contributed by atoms with Gasteiger partial charge in [-0.05, 0) is 13.5 Å². The smallest absolute Gasteiger partial charge is 0.128 e. The molecule has 0 unspecified atom stereocenters. The average Bonchev–Trinajstić information content (AvgIpc) is 2.21. The van der Waals surface area contributed by atoms with Gasteiger partial charge in [0.1, 0.15) is 5.82 Å².